The minimum atomic E-state index is 0.882. The molecule has 1 unspecified atom stereocenters. The molecule has 0 bridgehead atoms. The number of rotatable bonds is 3. The van der Waals surface area contributed by atoms with E-state index in [0.29, 0.717) is 0 Å². The van der Waals surface area contributed by atoms with Gasteiger partial charge in [-0.05, 0) is 12.8 Å². The van der Waals surface area contributed by atoms with Gasteiger partial charge in [0.1, 0.15) is 6.67 Å². The summed E-state index contributed by atoms with van der Waals surface area (Å²) in [6.07, 6.45) is 5.60. The molecule has 14 heavy (non-hydrogen) atoms. The Balaban J connectivity index is 1.99. The zero-order valence-corrected chi connectivity index (χ0v) is 9.84. The Morgan fingerprint density at radius 1 is 1.21 bits per heavy atom. The molecule has 0 aliphatic carbocycles. The van der Waals surface area contributed by atoms with Crippen LogP contribution in [0.1, 0.15) is 39.5 Å². The first-order valence-corrected chi connectivity index (χ1v) is 6.39. The van der Waals surface area contributed by atoms with Crippen molar-refractivity contribution in [2.45, 2.75) is 45.6 Å². The van der Waals surface area contributed by atoms with E-state index in [0.717, 1.165) is 6.04 Å². The monoisotopic (exact) mass is 197 g/mol. The van der Waals surface area contributed by atoms with Gasteiger partial charge in [-0.25, -0.2) is 4.90 Å². The van der Waals surface area contributed by atoms with Crippen LogP contribution in [0.3, 0.4) is 0 Å². The summed E-state index contributed by atoms with van der Waals surface area (Å²) >= 11 is 0. The van der Waals surface area contributed by atoms with Crippen molar-refractivity contribution < 1.29 is 4.48 Å². The fourth-order valence-corrected chi connectivity index (χ4v) is 3.38. The Bertz CT molecular complexity index is 185. The van der Waals surface area contributed by atoms with E-state index in [1.165, 1.54) is 63.0 Å². The molecular weight excluding hydrogens is 172 g/mol. The topological polar surface area (TPSA) is 3.24 Å². The van der Waals surface area contributed by atoms with E-state index in [4.69, 9.17) is 0 Å². The van der Waals surface area contributed by atoms with Crippen molar-refractivity contribution in [3.05, 3.63) is 0 Å². The Hall–Kier alpha value is -0.0800. The van der Waals surface area contributed by atoms with Gasteiger partial charge < -0.3 is 4.48 Å². The standard InChI is InChI=1S/C12H25N2/c1-3-7-13-11-14(8-5-6-9-14)10-12(13)4-2/h12H,3-11H2,1-2H3/q+1. The third kappa shape index (κ3) is 1.82. The Morgan fingerprint density at radius 2 is 1.93 bits per heavy atom. The second-order valence-electron chi connectivity index (χ2n) is 5.19. The number of quaternary nitrogens is 1. The van der Waals surface area contributed by atoms with E-state index < -0.39 is 0 Å². The van der Waals surface area contributed by atoms with Crippen LogP contribution in [0.5, 0.6) is 0 Å². The van der Waals surface area contributed by atoms with E-state index in [1.807, 2.05) is 0 Å². The van der Waals surface area contributed by atoms with Crippen LogP contribution in [0.2, 0.25) is 0 Å². The molecule has 1 spiro atoms. The van der Waals surface area contributed by atoms with E-state index in [2.05, 4.69) is 18.7 Å². The van der Waals surface area contributed by atoms with Crippen LogP contribution in [-0.2, 0) is 0 Å². The molecule has 0 aromatic heterocycles. The molecule has 0 aromatic rings. The zero-order valence-electron chi connectivity index (χ0n) is 9.84. The van der Waals surface area contributed by atoms with Crippen molar-refractivity contribution in [3.63, 3.8) is 0 Å². The van der Waals surface area contributed by atoms with Crippen molar-refractivity contribution in [2.24, 2.45) is 0 Å². The second-order valence-corrected chi connectivity index (χ2v) is 5.19. The summed E-state index contributed by atoms with van der Waals surface area (Å²) < 4.78 is 1.43. The normalized spacial score (nSPS) is 31.7. The molecule has 2 fully saturated rings. The van der Waals surface area contributed by atoms with Crippen molar-refractivity contribution >= 4 is 0 Å². The third-order valence-corrected chi connectivity index (χ3v) is 4.09. The van der Waals surface area contributed by atoms with Crippen LogP contribution >= 0.6 is 0 Å². The number of hydrogen-bond donors (Lipinski definition) is 0. The maximum absolute atomic E-state index is 2.74. The molecule has 2 nitrogen and oxygen atoms in total. The highest BCUT2D eigenvalue weighted by molar-refractivity contribution is 4.76. The second kappa shape index (κ2) is 4.19. The summed E-state index contributed by atoms with van der Waals surface area (Å²) in [5, 5.41) is 0. The third-order valence-electron chi connectivity index (χ3n) is 4.09. The lowest BCUT2D eigenvalue weighted by atomic mass is 10.2. The predicted octanol–water partition coefficient (Wildman–Crippen LogP) is 2.06. The summed E-state index contributed by atoms with van der Waals surface area (Å²) in [5.41, 5.74) is 0. The molecule has 0 amide bonds. The van der Waals surface area contributed by atoms with Crippen molar-refractivity contribution in [1.29, 1.82) is 0 Å². The average molecular weight is 197 g/mol. The first-order chi connectivity index (χ1) is 6.79. The van der Waals surface area contributed by atoms with Gasteiger partial charge in [0.15, 0.2) is 0 Å². The highest BCUT2D eigenvalue weighted by Gasteiger charge is 2.43. The predicted molar refractivity (Wildman–Crippen MR) is 60.0 cm³/mol. The van der Waals surface area contributed by atoms with Gasteiger partial charge in [-0.1, -0.05) is 13.8 Å². The van der Waals surface area contributed by atoms with Crippen LogP contribution in [0, 0.1) is 0 Å². The summed E-state index contributed by atoms with van der Waals surface area (Å²) in [4.78, 5) is 2.74. The quantitative estimate of drug-likeness (QED) is 0.626. The van der Waals surface area contributed by atoms with E-state index >= 15 is 0 Å². The minimum absolute atomic E-state index is 0.882. The van der Waals surface area contributed by atoms with Gasteiger partial charge in [-0.2, -0.15) is 0 Å². The largest absolute Gasteiger partial charge is 0.310 e. The van der Waals surface area contributed by atoms with Crippen LogP contribution in [-0.4, -0.2) is 48.3 Å². The Labute approximate surface area is 88.5 Å². The molecule has 2 aliphatic rings. The molecular formula is C12H25N2+. The van der Waals surface area contributed by atoms with Gasteiger partial charge in [-0.3, -0.25) is 0 Å². The lowest BCUT2D eigenvalue weighted by Gasteiger charge is -2.28. The van der Waals surface area contributed by atoms with E-state index in [9.17, 15) is 0 Å². The number of nitrogens with zero attached hydrogens (tertiary/aromatic N) is 2. The molecule has 0 N–H and O–H groups in total. The molecule has 0 saturated carbocycles. The van der Waals surface area contributed by atoms with Crippen LogP contribution in [0.25, 0.3) is 0 Å². The highest BCUT2D eigenvalue weighted by atomic mass is 15.5. The van der Waals surface area contributed by atoms with Gasteiger partial charge in [0.05, 0.1) is 25.7 Å². The highest BCUT2D eigenvalue weighted by Crippen LogP contribution is 2.29. The zero-order chi connectivity index (χ0) is 10.0. The molecule has 2 heterocycles. The van der Waals surface area contributed by atoms with Gasteiger partial charge in [0.2, 0.25) is 0 Å². The summed E-state index contributed by atoms with van der Waals surface area (Å²) in [6.45, 7) is 11.7. The van der Waals surface area contributed by atoms with Gasteiger partial charge in [0.25, 0.3) is 0 Å². The lowest BCUT2D eigenvalue weighted by molar-refractivity contribution is -0.909. The molecule has 82 valence electrons. The fraction of sp³-hybridized carbons (Fsp3) is 1.00. The molecule has 2 saturated heterocycles. The Morgan fingerprint density at radius 3 is 2.50 bits per heavy atom. The van der Waals surface area contributed by atoms with Crippen LogP contribution in [0.4, 0.5) is 0 Å². The van der Waals surface area contributed by atoms with Gasteiger partial charge in [0, 0.05) is 19.4 Å². The van der Waals surface area contributed by atoms with Crippen molar-refractivity contribution in [2.75, 3.05) is 32.8 Å². The van der Waals surface area contributed by atoms with E-state index in [1.54, 1.807) is 0 Å². The maximum Gasteiger partial charge on any atom is 0.135 e. The van der Waals surface area contributed by atoms with Crippen molar-refractivity contribution in [1.82, 2.24) is 4.90 Å². The van der Waals surface area contributed by atoms with Gasteiger partial charge >= 0.3 is 0 Å². The molecule has 0 radical (unpaired) electrons. The molecule has 2 heteroatoms. The maximum atomic E-state index is 2.74. The summed E-state index contributed by atoms with van der Waals surface area (Å²) in [5.74, 6) is 0. The summed E-state index contributed by atoms with van der Waals surface area (Å²) in [7, 11) is 0. The SMILES string of the molecule is CCCN1C[N+]2(CCCC2)CC1CC. The van der Waals surface area contributed by atoms with Gasteiger partial charge in [-0.15, -0.1) is 0 Å². The van der Waals surface area contributed by atoms with E-state index in [-0.39, 0.29) is 0 Å². The molecule has 2 aliphatic heterocycles. The fourth-order valence-electron chi connectivity index (χ4n) is 3.38. The van der Waals surface area contributed by atoms with Crippen LogP contribution in [0.15, 0.2) is 0 Å². The number of hydrogen-bond acceptors (Lipinski definition) is 1. The van der Waals surface area contributed by atoms with Crippen LogP contribution < -0.4 is 0 Å². The molecule has 0 aromatic carbocycles. The van der Waals surface area contributed by atoms with Crippen molar-refractivity contribution in [3.8, 4) is 0 Å². The summed E-state index contributed by atoms with van der Waals surface area (Å²) in [6, 6.07) is 0.882. The first kappa shape index (κ1) is 10.4. The lowest BCUT2D eigenvalue weighted by Crippen LogP contribution is -2.44. The first-order valence-electron chi connectivity index (χ1n) is 6.39. The molecule has 2 rings (SSSR count). The molecule has 1 atom stereocenters. The smallest absolute Gasteiger partial charge is 0.135 e. The average Bonchev–Trinajstić information content (AvgIpc) is 2.76. The Kier molecular flexibility index (Phi) is 3.13. The minimum Gasteiger partial charge on any atom is -0.310 e.